The zero-order valence-electron chi connectivity index (χ0n) is 20.7. The van der Waals surface area contributed by atoms with E-state index in [9.17, 15) is 13.6 Å². The molecule has 0 saturated heterocycles. The number of methoxy groups -OCH3 is 1. The van der Waals surface area contributed by atoms with Gasteiger partial charge in [-0.1, -0.05) is 11.6 Å². The maximum Gasteiger partial charge on any atom is 0.255 e. The fourth-order valence-corrected chi connectivity index (χ4v) is 3.83. The molecule has 148 valence electrons. The van der Waals surface area contributed by atoms with E-state index in [2.05, 4.69) is 0 Å². The molecule has 1 aliphatic rings. The molecule has 1 fully saturated rings. The number of carbonyl (C=O) groups is 1. The van der Waals surface area contributed by atoms with Gasteiger partial charge in [-0.15, -0.1) is 0 Å². The highest BCUT2D eigenvalue weighted by atomic mass is 35.5. The Bertz CT molecular complexity index is 999. The summed E-state index contributed by atoms with van der Waals surface area (Å²) < 4.78 is 78.5. The van der Waals surface area contributed by atoms with Crippen LogP contribution in [0, 0.1) is 5.92 Å². The van der Waals surface area contributed by atoms with E-state index in [4.69, 9.17) is 24.6 Å². The summed E-state index contributed by atoms with van der Waals surface area (Å²) in [4.78, 5) is 14.2. The number of ether oxygens (including phenoxy) is 1. The number of fused-ring (bicyclic) bond motifs is 1. The van der Waals surface area contributed by atoms with E-state index in [-0.39, 0.29) is 67.3 Å². The van der Waals surface area contributed by atoms with Crippen LogP contribution in [-0.2, 0) is 11.2 Å². The zero-order valence-corrected chi connectivity index (χ0v) is 15.4. The van der Waals surface area contributed by atoms with Gasteiger partial charge < -0.3 is 14.0 Å². The average molecular weight is 405 g/mol. The van der Waals surface area contributed by atoms with E-state index in [1.165, 1.54) is 6.07 Å². The quantitative estimate of drug-likeness (QED) is 0.700. The van der Waals surface area contributed by atoms with E-state index < -0.39 is 25.8 Å². The van der Waals surface area contributed by atoms with Crippen LogP contribution < -0.4 is 0 Å². The molecule has 7 heteroatoms. The maximum absolute atomic E-state index is 13.5. The lowest BCUT2D eigenvalue weighted by Crippen LogP contribution is -2.35. The predicted octanol–water partition coefficient (Wildman–Crippen LogP) is 4.68. The topological polar surface area (TPSA) is 34.0 Å². The van der Waals surface area contributed by atoms with Crippen molar-refractivity contribution in [3.63, 3.8) is 0 Å². The van der Waals surface area contributed by atoms with Crippen LogP contribution in [0.5, 0.6) is 0 Å². The van der Waals surface area contributed by atoms with Crippen molar-refractivity contribution < 1.29 is 26.5 Å². The number of carbonyl (C=O) groups excluding carboxylic acids is 1. The molecule has 0 atom stereocenters. The lowest BCUT2D eigenvalue weighted by atomic mass is 9.86. The summed E-state index contributed by atoms with van der Waals surface area (Å²) in [5.74, 6) is -3.91. The summed E-state index contributed by atoms with van der Waals surface area (Å²) in [5.41, 5.74) is 0.849. The van der Waals surface area contributed by atoms with Gasteiger partial charge >= 0.3 is 0 Å². The second-order valence-electron chi connectivity index (χ2n) is 6.94. The number of aromatic nitrogens is 1. The molecule has 1 amide bonds. The predicted molar refractivity (Wildman–Crippen MR) is 102 cm³/mol. The van der Waals surface area contributed by atoms with Crippen molar-refractivity contribution in [3.05, 3.63) is 40.7 Å². The molecule has 0 unspecified atom stereocenters. The molecular formula is C20H25ClF2N2O2. The summed E-state index contributed by atoms with van der Waals surface area (Å²) in [6.07, 6.45) is 1.35. The van der Waals surface area contributed by atoms with Crippen LogP contribution in [0.2, 0.25) is 5.02 Å². The minimum absolute atomic E-state index is 0.0433. The highest BCUT2D eigenvalue weighted by molar-refractivity contribution is 6.34. The molecule has 2 heterocycles. The molecule has 0 aromatic carbocycles. The van der Waals surface area contributed by atoms with Gasteiger partial charge in [-0.3, -0.25) is 4.79 Å². The van der Waals surface area contributed by atoms with E-state index in [1.54, 1.807) is 22.7 Å². The molecule has 0 radical (unpaired) electrons. The molecule has 0 bridgehead atoms. The number of pyridine rings is 1. The van der Waals surface area contributed by atoms with E-state index in [0.717, 1.165) is 4.90 Å². The monoisotopic (exact) mass is 404 g/mol. The van der Waals surface area contributed by atoms with Gasteiger partial charge in [0.25, 0.3) is 5.91 Å². The summed E-state index contributed by atoms with van der Waals surface area (Å²) in [7, 11) is -2.57. The first-order valence-corrected chi connectivity index (χ1v) is 9.18. The summed E-state index contributed by atoms with van der Waals surface area (Å²) in [6, 6.07) is 4.67. The second kappa shape index (κ2) is 8.15. The van der Waals surface area contributed by atoms with Crippen molar-refractivity contribution in [2.75, 3.05) is 27.2 Å². The van der Waals surface area contributed by atoms with Gasteiger partial charge in [0.15, 0.2) is 0 Å². The molecule has 4 nitrogen and oxygen atoms in total. The molecule has 27 heavy (non-hydrogen) atoms. The molecule has 0 aliphatic heterocycles. The number of hydrogen-bond donors (Lipinski definition) is 0. The van der Waals surface area contributed by atoms with Crippen molar-refractivity contribution in [1.29, 1.82) is 0 Å². The Morgan fingerprint density at radius 2 is 2.26 bits per heavy atom. The van der Waals surface area contributed by atoms with Crippen molar-refractivity contribution in [2.24, 2.45) is 5.92 Å². The Hall–Kier alpha value is -1.66. The third-order valence-corrected chi connectivity index (χ3v) is 5.34. The molecule has 3 rings (SSSR count). The molecule has 0 spiro atoms. The average Bonchev–Trinajstić information content (AvgIpc) is 3.05. The Morgan fingerprint density at radius 3 is 2.96 bits per heavy atom. The summed E-state index contributed by atoms with van der Waals surface area (Å²) in [5, 5.41) is 0.214. The number of hydrogen-bond acceptors (Lipinski definition) is 2. The number of nitrogens with zero attached hydrogens (tertiary/aromatic N) is 2. The lowest BCUT2D eigenvalue weighted by Gasteiger charge is -2.31. The standard InChI is InChI=1S/C20H25ClF2N2O2/c1-24(13-14-5-8-20(22,23)9-6-14)19(26)16-12-15(7-11-27-2)25-10-3-4-17(21)18(16)25/h3-4,10,12,14H,5-9,11,13H2,1-2H3/i1D3,2D3. The van der Waals surface area contributed by atoms with Gasteiger partial charge in [-0.05, 0) is 37.0 Å². The minimum atomic E-state index is -2.78. The molecule has 0 N–H and O–H groups in total. The van der Waals surface area contributed by atoms with Crippen LogP contribution in [-0.4, -0.2) is 48.3 Å². The molecular weight excluding hydrogens is 374 g/mol. The summed E-state index contributed by atoms with van der Waals surface area (Å²) in [6.45, 7) is -3.11. The van der Waals surface area contributed by atoms with Crippen LogP contribution in [0.4, 0.5) is 8.78 Å². The molecule has 1 aliphatic carbocycles. The van der Waals surface area contributed by atoms with Gasteiger partial charge in [-0.25, -0.2) is 8.78 Å². The van der Waals surface area contributed by atoms with Crippen LogP contribution in [0.3, 0.4) is 0 Å². The molecule has 2 aromatic rings. The summed E-state index contributed by atoms with van der Waals surface area (Å²) >= 11 is 6.33. The largest absolute Gasteiger partial charge is 0.384 e. The zero-order chi connectivity index (χ0) is 24.6. The van der Waals surface area contributed by atoms with Gasteiger partial charge in [0.05, 0.1) is 26.8 Å². The third kappa shape index (κ3) is 4.43. The van der Waals surface area contributed by atoms with Crippen LogP contribution >= 0.6 is 11.6 Å². The first-order valence-electron chi connectivity index (χ1n) is 11.8. The van der Waals surface area contributed by atoms with Crippen molar-refractivity contribution in [2.45, 2.75) is 38.0 Å². The number of alkyl halides is 2. The van der Waals surface area contributed by atoms with Crippen LogP contribution in [0.25, 0.3) is 5.52 Å². The SMILES string of the molecule is [2H]C([2H])([2H])OCCc1cc(C(=O)N(CC2CCC(F)(F)CC2)C([2H])([2H])[2H])c2c(Cl)cccn12. The van der Waals surface area contributed by atoms with E-state index in [1.807, 2.05) is 0 Å². The Balaban J connectivity index is 1.91. The smallest absolute Gasteiger partial charge is 0.255 e. The highest BCUT2D eigenvalue weighted by Crippen LogP contribution is 2.36. The minimum Gasteiger partial charge on any atom is -0.384 e. The van der Waals surface area contributed by atoms with Crippen molar-refractivity contribution in [1.82, 2.24) is 9.30 Å². The van der Waals surface area contributed by atoms with Gasteiger partial charge in [0.1, 0.15) is 0 Å². The molecule has 2 aromatic heterocycles. The Labute approximate surface area is 171 Å². The maximum atomic E-state index is 13.5. The first kappa shape index (κ1) is 13.5. The Kier molecular flexibility index (Phi) is 4.08. The third-order valence-electron chi connectivity index (χ3n) is 5.03. The van der Waals surface area contributed by atoms with Crippen LogP contribution in [0.15, 0.2) is 24.4 Å². The van der Waals surface area contributed by atoms with Gasteiger partial charge in [-0.2, -0.15) is 0 Å². The van der Waals surface area contributed by atoms with Gasteiger partial charge in [0.2, 0.25) is 5.92 Å². The molecule has 1 saturated carbocycles. The van der Waals surface area contributed by atoms with Crippen molar-refractivity contribution in [3.8, 4) is 0 Å². The van der Waals surface area contributed by atoms with Crippen LogP contribution in [0.1, 0.15) is 50.0 Å². The highest BCUT2D eigenvalue weighted by Gasteiger charge is 2.35. The fourth-order valence-electron chi connectivity index (χ4n) is 3.56. The van der Waals surface area contributed by atoms with Crippen molar-refractivity contribution >= 4 is 23.0 Å². The normalized spacial score (nSPS) is 21.6. The number of halogens is 3. The lowest BCUT2D eigenvalue weighted by molar-refractivity contribution is -0.0475. The first-order chi connectivity index (χ1) is 15.2. The number of amides is 1. The number of rotatable bonds is 6. The second-order valence-corrected chi connectivity index (χ2v) is 7.34. The Morgan fingerprint density at radius 1 is 1.48 bits per heavy atom. The van der Waals surface area contributed by atoms with Gasteiger partial charge in [0, 0.05) is 55.8 Å². The fraction of sp³-hybridized carbons (Fsp3) is 0.550. The van der Waals surface area contributed by atoms with E-state index in [0.29, 0.717) is 5.69 Å². The van der Waals surface area contributed by atoms with E-state index >= 15 is 0 Å².